The van der Waals surface area contributed by atoms with Crippen molar-refractivity contribution in [3.63, 3.8) is 0 Å². The fourth-order valence-electron chi connectivity index (χ4n) is 2.07. The van der Waals surface area contributed by atoms with Crippen LogP contribution >= 0.6 is 0 Å². The lowest BCUT2D eigenvalue weighted by molar-refractivity contribution is 0.0724. The van der Waals surface area contributed by atoms with E-state index in [1.54, 1.807) is 0 Å². The molecule has 0 saturated carbocycles. The minimum Gasteiger partial charge on any atom is -0.494 e. The SMILES string of the molecule is COc1cc(C(=O)N2CCCCC2)ccc1F. The van der Waals surface area contributed by atoms with Gasteiger partial charge in [0.1, 0.15) is 0 Å². The highest BCUT2D eigenvalue weighted by Crippen LogP contribution is 2.20. The van der Waals surface area contributed by atoms with E-state index in [0.29, 0.717) is 5.56 Å². The highest BCUT2D eigenvalue weighted by molar-refractivity contribution is 5.94. The number of benzene rings is 1. The molecule has 0 spiro atoms. The fourth-order valence-corrected chi connectivity index (χ4v) is 2.07. The number of piperidine rings is 1. The first-order chi connectivity index (χ1) is 8.22. The van der Waals surface area contributed by atoms with Crippen molar-refractivity contribution in [1.29, 1.82) is 0 Å². The normalized spacial score (nSPS) is 15.8. The van der Waals surface area contributed by atoms with E-state index in [1.807, 2.05) is 4.90 Å². The van der Waals surface area contributed by atoms with Gasteiger partial charge < -0.3 is 9.64 Å². The lowest BCUT2D eigenvalue weighted by atomic mass is 10.1. The van der Waals surface area contributed by atoms with Gasteiger partial charge in [0.15, 0.2) is 11.6 Å². The second kappa shape index (κ2) is 5.17. The first kappa shape index (κ1) is 11.9. The largest absolute Gasteiger partial charge is 0.494 e. The predicted molar refractivity (Wildman–Crippen MR) is 62.7 cm³/mol. The molecule has 0 radical (unpaired) electrons. The van der Waals surface area contributed by atoms with E-state index in [-0.39, 0.29) is 11.7 Å². The number of halogens is 1. The van der Waals surface area contributed by atoms with Crippen LogP contribution in [0, 0.1) is 5.82 Å². The average Bonchev–Trinajstić information content (AvgIpc) is 2.39. The van der Waals surface area contributed by atoms with Crippen LogP contribution in [0.3, 0.4) is 0 Å². The average molecular weight is 237 g/mol. The molecule has 2 rings (SSSR count). The van der Waals surface area contributed by atoms with Crippen molar-refractivity contribution < 1.29 is 13.9 Å². The molecule has 1 aliphatic rings. The van der Waals surface area contributed by atoms with Crippen molar-refractivity contribution in [2.75, 3.05) is 20.2 Å². The molecule has 0 N–H and O–H groups in total. The molecule has 1 aromatic carbocycles. The van der Waals surface area contributed by atoms with E-state index < -0.39 is 5.82 Å². The van der Waals surface area contributed by atoms with Crippen molar-refractivity contribution in [2.45, 2.75) is 19.3 Å². The van der Waals surface area contributed by atoms with Crippen molar-refractivity contribution in [1.82, 2.24) is 4.90 Å². The van der Waals surface area contributed by atoms with Gasteiger partial charge in [-0.25, -0.2) is 4.39 Å². The quantitative estimate of drug-likeness (QED) is 0.790. The Kier molecular flexibility index (Phi) is 3.61. The minimum atomic E-state index is -0.442. The summed E-state index contributed by atoms with van der Waals surface area (Å²) in [5.74, 6) is -0.362. The van der Waals surface area contributed by atoms with Crippen molar-refractivity contribution in [2.24, 2.45) is 0 Å². The summed E-state index contributed by atoms with van der Waals surface area (Å²) in [6, 6.07) is 4.25. The van der Waals surface area contributed by atoms with Crippen LogP contribution in [0.5, 0.6) is 5.75 Å². The highest BCUT2D eigenvalue weighted by Gasteiger charge is 2.19. The van der Waals surface area contributed by atoms with Gasteiger partial charge in [0.05, 0.1) is 7.11 Å². The second-order valence-corrected chi connectivity index (χ2v) is 4.20. The van der Waals surface area contributed by atoms with E-state index in [1.165, 1.54) is 31.7 Å². The number of methoxy groups -OCH3 is 1. The van der Waals surface area contributed by atoms with Crippen LogP contribution in [0.4, 0.5) is 4.39 Å². The third-order valence-corrected chi connectivity index (χ3v) is 3.04. The van der Waals surface area contributed by atoms with Crippen molar-refractivity contribution >= 4 is 5.91 Å². The molecule has 1 aliphatic heterocycles. The second-order valence-electron chi connectivity index (χ2n) is 4.20. The summed E-state index contributed by atoms with van der Waals surface area (Å²) in [5.41, 5.74) is 0.491. The third kappa shape index (κ3) is 2.57. The maximum Gasteiger partial charge on any atom is 0.253 e. The van der Waals surface area contributed by atoms with Crippen molar-refractivity contribution in [3.05, 3.63) is 29.6 Å². The lowest BCUT2D eigenvalue weighted by Crippen LogP contribution is -2.35. The molecule has 3 nitrogen and oxygen atoms in total. The molecule has 1 amide bonds. The number of rotatable bonds is 2. The third-order valence-electron chi connectivity index (χ3n) is 3.04. The van der Waals surface area contributed by atoms with Gasteiger partial charge in [-0.2, -0.15) is 0 Å². The maximum absolute atomic E-state index is 13.2. The first-order valence-electron chi connectivity index (χ1n) is 5.85. The van der Waals surface area contributed by atoms with E-state index in [0.717, 1.165) is 25.9 Å². The molecule has 1 aromatic rings. The maximum atomic E-state index is 13.2. The van der Waals surface area contributed by atoms with Gasteiger partial charge in [-0.15, -0.1) is 0 Å². The summed E-state index contributed by atoms with van der Waals surface area (Å²) in [4.78, 5) is 13.9. The molecule has 0 aromatic heterocycles. The van der Waals surface area contributed by atoms with E-state index >= 15 is 0 Å². The number of nitrogens with zero attached hydrogens (tertiary/aromatic N) is 1. The standard InChI is InChI=1S/C13H16FNO2/c1-17-12-9-10(5-6-11(12)14)13(16)15-7-3-2-4-8-15/h5-6,9H,2-4,7-8H2,1H3. The summed E-state index contributed by atoms with van der Waals surface area (Å²) in [6.07, 6.45) is 3.27. The van der Waals surface area contributed by atoms with Crippen LogP contribution in [0.2, 0.25) is 0 Å². The lowest BCUT2D eigenvalue weighted by Gasteiger charge is -2.26. The number of hydrogen-bond donors (Lipinski definition) is 0. The Morgan fingerprint density at radius 1 is 1.29 bits per heavy atom. The van der Waals surface area contributed by atoms with Gasteiger partial charge in [0.25, 0.3) is 5.91 Å². The van der Waals surface area contributed by atoms with Gasteiger partial charge in [0.2, 0.25) is 0 Å². The van der Waals surface area contributed by atoms with E-state index in [4.69, 9.17) is 4.74 Å². The van der Waals surface area contributed by atoms with Crippen LogP contribution in [0.15, 0.2) is 18.2 Å². The summed E-state index contributed by atoms with van der Waals surface area (Å²) in [5, 5.41) is 0. The Morgan fingerprint density at radius 3 is 2.65 bits per heavy atom. The van der Waals surface area contributed by atoms with Crippen LogP contribution in [0.25, 0.3) is 0 Å². The molecular weight excluding hydrogens is 221 g/mol. The number of hydrogen-bond acceptors (Lipinski definition) is 2. The molecule has 1 saturated heterocycles. The smallest absolute Gasteiger partial charge is 0.253 e. The van der Waals surface area contributed by atoms with Gasteiger partial charge in [-0.3, -0.25) is 4.79 Å². The zero-order valence-electron chi connectivity index (χ0n) is 9.91. The highest BCUT2D eigenvalue weighted by atomic mass is 19.1. The summed E-state index contributed by atoms with van der Waals surface area (Å²) in [6.45, 7) is 1.58. The minimum absolute atomic E-state index is 0.0389. The molecule has 0 unspecified atom stereocenters. The monoisotopic (exact) mass is 237 g/mol. The predicted octanol–water partition coefficient (Wildman–Crippen LogP) is 2.46. The molecule has 0 bridgehead atoms. The molecular formula is C13H16FNO2. The molecule has 0 atom stereocenters. The Hall–Kier alpha value is -1.58. The van der Waals surface area contributed by atoms with Crippen LogP contribution in [0.1, 0.15) is 29.6 Å². The van der Waals surface area contributed by atoms with Crippen LogP contribution in [-0.2, 0) is 0 Å². The van der Waals surface area contributed by atoms with E-state index in [2.05, 4.69) is 0 Å². The Balaban J connectivity index is 2.18. The molecule has 0 aliphatic carbocycles. The summed E-state index contributed by atoms with van der Waals surface area (Å²) in [7, 11) is 1.40. The van der Waals surface area contributed by atoms with Gasteiger partial charge >= 0.3 is 0 Å². The number of amides is 1. The van der Waals surface area contributed by atoms with Crippen LogP contribution in [-0.4, -0.2) is 31.0 Å². The van der Waals surface area contributed by atoms with Gasteiger partial charge in [-0.05, 0) is 37.5 Å². The van der Waals surface area contributed by atoms with Gasteiger partial charge in [-0.1, -0.05) is 0 Å². The van der Waals surface area contributed by atoms with E-state index in [9.17, 15) is 9.18 Å². The van der Waals surface area contributed by atoms with Crippen molar-refractivity contribution in [3.8, 4) is 5.75 Å². The first-order valence-corrected chi connectivity index (χ1v) is 5.85. The molecule has 92 valence electrons. The molecule has 1 fully saturated rings. The number of likely N-dealkylation sites (tertiary alicyclic amines) is 1. The number of carbonyl (C=O) groups excluding carboxylic acids is 1. The number of ether oxygens (including phenoxy) is 1. The number of carbonyl (C=O) groups is 1. The summed E-state index contributed by atoms with van der Waals surface area (Å²) < 4.78 is 18.1. The van der Waals surface area contributed by atoms with Crippen LogP contribution < -0.4 is 4.74 Å². The fraction of sp³-hybridized carbons (Fsp3) is 0.462. The van der Waals surface area contributed by atoms with Gasteiger partial charge in [0, 0.05) is 18.7 Å². The zero-order valence-corrected chi connectivity index (χ0v) is 9.91. The summed E-state index contributed by atoms with van der Waals surface area (Å²) >= 11 is 0. The molecule has 1 heterocycles. The zero-order chi connectivity index (χ0) is 12.3. The molecule has 4 heteroatoms. The topological polar surface area (TPSA) is 29.5 Å². The Morgan fingerprint density at radius 2 is 2.00 bits per heavy atom. The Labute approximate surface area is 100 Å². The Bertz CT molecular complexity index is 414. The molecule has 17 heavy (non-hydrogen) atoms.